The highest BCUT2D eigenvalue weighted by molar-refractivity contribution is 6.31. The van der Waals surface area contributed by atoms with Crippen molar-refractivity contribution in [1.82, 2.24) is 20.2 Å². The number of hydrogen-bond acceptors (Lipinski definition) is 10. The van der Waals surface area contributed by atoms with Crippen LogP contribution in [0.5, 0.6) is 11.5 Å². The Morgan fingerprint density at radius 1 is 1.00 bits per heavy atom. The molecule has 1 aliphatic heterocycles. The van der Waals surface area contributed by atoms with Crippen LogP contribution in [0.2, 0.25) is 5.02 Å². The van der Waals surface area contributed by atoms with Gasteiger partial charge in [-0.05, 0) is 42.9 Å². The molecule has 258 valence electrons. The zero-order chi connectivity index (χ0) is 33.6. The Morgan fingerprint density at radius 3 is 2.40 bits per heavy atom. The predicted molar refractivity (Wildman–Crippen MR) is 180 cm³/mol. The fourth-order valence-electron chi connectivity index (χ4n) is 4.95. The molecule has 3 aromatic rings. The zero-order valence-electron chi connectivity index (χ0n) is 27.8. The van der Waals surface area contributed by atoms with E-state index in [2.05, 4.69) is 46.3 Å². The molecule has 0 saturated carbocycles. The Kier molecular flexibility index (Phi) is 14.2. The molecule has 1 saturated heterocycles. The van der Waals surface area contributed by atoms with Crippen molar-refractivity contribution in [3.63, 3.8) is 0 Å². The smallest absolute Gasteiger partial charge is 0.234 e. The minimum Gasteiger partial charge on any atom is -0.493 e. The van der Waals surface area contributed by atoms with Gasteiger partial charge in [0.1, 0.15) is 18.2 Å². The van der Waals surface area contributed by atoms with Crippen molar-refractivity contribution in [2.24, 2.45) is 5.41 Å². The molecule has 1 fully saturated rings. The SMILES string of the molecule is COc1cc2ncnc(Nc3cccc(Cl)c3F)c2cc1OC1CCN(CC(=O)NCCOCCOCCOCCC(C)(C)C)CC1. The molecule has 47 heavy (non-hydrogen) atoms. The number of ether oxygens (including phenoxy) is 5. The summed E-state index contributed by atoms with van der Waals surface area (Å²) in [6.07, 6.45) is 3.82. The molecule has 0 spiro atoms. The Balaban J connectivity index is 1.15. The van der Waals surface area contributed by atoms with E-state index in [0.717, 1.165) is 25.9 Å². The summed E-state index contributed by atoms with van der Waals surface area (Å²) in [5.74, 6) is 0.882. The average molecular weight is 676 g/mol. The molecule has 0 bridgehead atoms. The van der Waals surface area contributed by atoms with Gasteiger partial charge in [-0.15, -0.1) is 0 Å². The van der Waals surface area contributed by atoms with Crippen LogP contribution in [0, 0.1) is 11.2 Å². The summed E-state index contributed by atoms with van der Waals surface area (Å²) in [4.78, 5) is 23.3. The number of rotatable bonds is 18. The summed E-state index contributed by atoms with van der Waals surface area (Å²) in [6, 6.07) is 8.30. The number of anilines is 2. The summed E-state index contributed by atoms with van der Waals surface area (Å²) < 4.78 is 43.2. The first-order valence-electron chi connectivity index (χ1n) is 16.1. The van der Waals surface area contributed by atoms with Crippen LogP contribution in [-0.2, 0) is 19.0 Å². The van der Waals surface area contributed by atoms with Gasteiger partial charge in [0.05, 0.1) is 62.9 Å². The van der Waals surface area contributed by atoms with E-state index >= 15 is 0 Å². The Bertz CT molecular complexity index is 1430. The van der Waals surface area contributed by atoms with Crippen LogP contribution in [0.1, 0.15) is 40.0 Å². The first-order valence-corrected chi connectivity index (χ1v) is 16.4. The van der Waals surface area contributed by atoms with E-state index in [1.54, 1.807) is 31.4 Å². The lowest BCUT2D eigenvalue weighted by molar-refractivity contribution is -0.123. The number of nitrogens with one attached hydrogen (secondary N) is 2. The summed E-state index contributed by atoms with van der Waals surface area (Å²) >= 11 is 5.96. The maximum absolute atomic E-state index is 14.6. The minimum absolute atomic E-state index is 0.0119. The number of carbonyl (C=O) groups is 1. The Morgan fingerprint density at radius 2 is 1.70 bits per heavy atom. The molecule has 0 aliphatic carbocycles. The lowest BCUT2D eigenvalue weighted by atomic mass is 9.93. The predicted octanol–water partition coefficient (Wildman–Crippen LogP) is 5.62. The molecule has 1 amide bonds. The highest BCUT2D eigenvalue weighted by Gasteiger charge is 2.24. The van der Waals surface area contributed by atoms with Crippen LogP contribution < -0.4 is 20.1 Å². The molecule has 0 atom stereocenters. The number of carbonyl (C=O) groups excluding carboxylic acids is 1. The molecular formula is C34H47ClFN5O6. The molecule has 13 heteroatoms. The van der Waals surface area contributed by atoms with Crippen LogP contribution in [-0.4, -0.2) is 99.8 Å². The van der Waals surface area contributed by atoms with Gasteiger partial charge in [0, 0.05) is 37.7 Å². The first kappa shape index (κ1) is 36.5. The number of fused-ring (bicyclic) bond motifs is 1. The zero-order valence-corrected chi connectivity index (χ0v) is 28.5. The van der Waals surface area contributed by atoms with Gasteiger partial charge in [0.25, 0.3) is 0 Å². The monoisotopic (exact) mass is 675 g/mol. The fourth-order valence-corrected chi connectivity index (χ4v) is 5.12. The maximum Gasteiger partial charge on any atom is 0.234 e. The number of halogens is 2. The quantitative estimate of drug-likeness (QED) is 0.165. The molecule has 2 heterocycles. The molecule has 2 aromatic carbocycles. The third-order valence-corrected chi connectivity index (χ3v) is 7.92. The summed E-state index contributed by atoms with van der Waals surface area (Å²) in [7, 11) is 1.57. The third kappa shape index (κ3) is 12.0. The molecule has 2 N–H and O–H groups in total. The molecule has 1 aromatic heterocycles. The second-order valence-electron chi connectivity index (χ2n) is 12.6. The van der Waals surface area contributed by atoms with Gasteiger partial charge in [-0.2, -0.15) is 0 Å². The highest BCUT2D eigenvalue weighted by Crippen LogP contribution is 2.37. The van der Waals surface area contributed by atoms with Crippen LogP contribution in [0.3, 0.4) is 0 Å². The Labute approximate surface area is 281 Å². The lowest BCUT2D eigenvalue weighted by Gasteiger charge is -2.32. The van der Waals surface area contributed by atoms with Gasteiger partial charge in [0.15, 0.2) is 17.3 Å². The molecule has 0 unspecified atom stereocenters. The average Bonchev–Trinajstić information content (AvgIpc) is 3.04. The normalized spacial score (nSPS) is 14.3. The van der Waals surface area contributed by atoms with E-state index in [9.17, 15) is 9.18 Å². The summed E-state index contributed by atoms with van der Waals surface area (Å²) in [5.41, 5.74) is 1.09. The van der Waals surface area contributed by atoms with Crippen LogP contribution >= 0.6 is 11.6 Å². The largest absolute Gasteiger partial charge is 0.493 e. The standard InChI is InChI=1S/C34H47ClFN5O6/c1-34(2,3)10-14-44-16-18-46-19-17-45-15-11-37-31(42)22-41-12-8-24(9-13-41)47-30-20-25-28(21-29(30)43-4)38-23-39-33(25)40-27-7-5-6-26(35)32(27)36/h5-7,20-21,23-24H,8-19,22H2,1-4H3,(H,37,42)(H,38,39,40). The van der Waals surface area contributed by atoms with Crippen molar-refractivity contribution >= 4 is 39.9 Å². The van der Waals surface area contributed by atoms with E-state index < -0.39 is 5.82 Å². The second kappa shape index (κ2) is 18.3. The summed E-state index contributed by atoms with van der Waals surface area (Å²) in [5, 5.41) is 6.59. The van der Waals surface area contributed by atoms with Crippen LogP contribution in [0.25, 0.3) is 10.9 Å². The number of likely N-dealkylation sites (tertiary alicyclic amines) is 1. The minimum atomic E-state index is -0.565. The highest BCUT2D eigenvalue weighted by atomic mass is 35.5. The van der Waals surface area contributed by atoms with Gasteiger partial charge in [-0.25, -0.2) is 14.4 Å². The number of methoxy groups -OCH3 is 1. The lowest BCUT2D eigenvalue weighted by Crippen LogP contribution is -2.44. The molecule has 1 aliphatic rings. The topological polar surface area (TPSA) is 116 Å². The van der Waals surface area contributed by atoms with Gasteiger partial charge < -0.3 is 34.3 Å². The molecule has 4 rings (SSSR count). The molecule has 0 radical (unpaired) electrons. The van der Waals surface area contributed by atoms with E-state index in [-0.39, 0.29) is 28.1 Å². The van der Waals surface area contributed by atoms with E-state index in [4.69, 9.17) is 35.3 Å². The van der Waals surface area contributed by atoms with Gasteiger partial charge in [-0.3, -0.25) is 9.69 Å². The molecular weight excluding hydrogens is 629 g/mol. The van der Waals surface area contributed by atoms with Crippen molar-refractivity contribution in [2.45, 2.75) is 46.1 Å². The molecule has 11 nitrogen and oxygen atoms in total. The maximum atomic E-state index is 14.6. The third-order valence-electron chi connectivity index (χ3n) is 7.63. The number of nitrogens with zero attached hydrogens (tertiary/aromatic N) is 3. The van der Waals surface area contributed by atoms with Crippen molar-refractivity contribution in [3.05, 3.63) is 47.5 Å². The number of amides is 1. The van der Waals surface area contributed by atoms with E-state index in [1.165, 1.54) is 12.4 Å². The number of benzene rings is 2. The summed E-state index contributed by atoms with van der Waals surface area (Å²) in [6.45, 7) is 12.0. The van der Waals surface area contributed by atoms with Crippen molar-refractivity contribution < 1.29 is 32.9 Å². The number of hydrogen-bond donors (Lipinski definition) is 2. The van der Waals surface area contributed by atoms with E-state index in [0.29, 0.717) is 87.4 Å². The number of piperidine rings is 1. The van der Waals surface area contributed by atoms with Crippen LogP contribution in [0.15, 0.2) is 36.7 Å². The second-order valence-corrected chi connectivity index (χ2v) is 13.0. The van der Waals surface area contributed by atoms with Crippen molar-refractivity contribution in [1.29, 1.82) is 0 Å². The van der Waals surface area contributed by atoms with Gasteiger partial charge >= 0.3 is 0 Å². The number of aromatic nitrogens is 2. The Hall–Kier alpha value is -3.29. The van der Waals surface area contributed by atoms with Crippen LogP contribution in [0.4, 0.5) is 15.9 Å². The van der Waals surface area contributed by atoms with Crippen molar-refractivity contribution in [3.8, 4) is 11.5 Å². The van der Waals surface area contributed by atoms with Crippen molar-refractivity contribution in [2.75, 3.05) is 78.2 Å². The van der Waals surface area contributed by atoms with Gasteiger partial charge in [-0.1, -0.05) is 38.4 Å². The van der Waals surface area contributed by atoms with E-state index in [1.807, 2.05) is 0 Å². The first-order chi connectivity index (χ1) is 22.6. The van der Waals surface area contributed by atoms with Gasteiger partial charge in [0.2, 0.25) is 5.91 Å². The fraction of sp³-hybridized carbons (Fsp3) is 0.559.